The Morgan fingerprint density at radius 3 is 2.52 bits per heavy atom. The predicted octanol–water partition coefficient (Wildman–Crippen LogP) is 1.58. The van der Waals surface area contributed by atoms with Crippen molar-refractivity contribution in [2.75, 3.05) is 19.8 Å². The van der Waals surface area contributed by atoms with Crippen LogP contribution in [0.5, 0.6) is 0 Å². The Labute approximate surface area is 135 Å². The number of hydrogen-bond donors (Lipinski definition) is 2. The van der Waals surface area contributed by atoms with Crippen molar-refractivity contribution in [2.24, 2.45) is 0 Å². The van der Waals surface area contributed by atoms with Gasteiger partial charge in [0.25, 0.3) is 0 Å². The van der Waals surface area contributed by atoms with Crippen LogP contribution in [0.1, 0.15) is 6.92 Å². The Bertz CT molecular complexity index is 682. The summed E-state index contributed by atoms with van der Waals surface area (Å²) in [5.41, 5.74) is 5.02. The number of nitrogens with zero attached hydrogens (tertiary/aromatic N) is 1. The van der Waals surface area contributed by atoms with E-state index in [4.69, 9.17) is 17.3 Å². The van der Waals surface area contributed by atoms with E-state index in [0.717, 1.165) is 6.07 Å². The zero-order valence-corrected chi connectivity index (χ0v) is 14.6. The summed E-state index contributed by atoms with van der Waals surface area (Å²) in [6.45, 7) is 1.35. The van der Waals surface area contributed by atoms with Gasteiger partial charge in [0.1, 0.15) is 4.90 Å². The van der Waals surface area contributed by atoms with E-state index in [9.17, 15) is 17.6 Å². The van der Waals surface area contributed by atoms with Crippen LogP contribution < -0.4 is 10.5 Å². The van der Waals surface area contributed by atoms with Gasteiger partial charge in [-0.2, -0.15) is 4.72 Å². The van der Waals surface area contributed by atoms with Gasteiger partial charge in [-0.1, -0.05) is 11.6 Å². The summed E-state index contributed by atoms with van der Waals surface area (Å²) < 4.78 is 40.5. The summed E-state index contributed by atoms with van der Waals surface area (Å²) in [4.78, 5) is 12.2. The first-order chi connectivity index (χ1) is 9.49. The minimum Gasteiger partial charge on any atom is -0.395 e. The number of benzene rings is 1. The van der Waals surface area contributed by atoms with Gasteiger partial charge in [-0.3, -0.25) is 4.79 Å². The summed E-state index contributed by atoms with van der Waals surface area (Å²) in [5, 5.41) is -0.0548. The van der Waals surface area contributed by atoms with Crippen molar-refractivity contribution in [3.05, 3.63) is 21.4 Å². The van der Waals surface area contributed by atoms with Gasteiger partial charge in [0.2, 0.25) is 15.9 Å². The number of nitrogen functional groups attached to an aromatic ring is 1. The van der Waals surface area contributed by atoms with Crippen molar-refractivity contribution in [3.8, 4) is 0 Å². The summed E-state index contributed by atoms with van der Waals surface area (Å²) in [5.74, 6) is -1.61. The lowest BCUT2D eigenvalue weighted by atomic mass is 10.3. The largest absolute Gasteiger partial charge is 0.395 e. The molecule has 0 saturated carbocycles. The highest BCUT2D eigenvalue weighted by atomic mass is 79.9. The van der Waals surface area contributed by atoms with Crippen molar-refractivity contribution in [2.45, 2.75) is 17.9 Å². The van der Waals surface area contributed by atoms with Crippen molar-refractivity contribution in [1.29, 1.82) is 0 Å². The molecule has 118 valence electrons. The van der Waals surface area contributed by atoms with E-state index in [-0.39, 0.29) is 9.50 Å². The lowest BCUT2D eigenvalue weighted by molar-refractivity contribution is -0.130. The molecule has 6 nitrogen and oxygen atoms in total. The van der Waals surface area contributed by atoms with Crippen molar-refractivity contribution < 1.29 is 17.6 Å². The summed E-state index contributed by atoms with van der Waals surface area (Å²) in [7, 11) is -1.34. The van der Waals surface area contributed by atoms with E-state index in [2.05, 4.69) is 20.7 Å². The third kappa shape index (κ3) is 3.85. The van der Waals surface area contributed by atoms with Crippen LogP contribution >= 0.6 is 27.5 Å². The number of likely N-dealkylation sites (N-methyl/N-ethyl adjacent to an activating group) is 1. The van der Waals surface area contributed by atoms with Gasteiger partial charge < -0.3 is 10.6 Å². The number of hydrogen-bond acceptors (Lipinski definition) is 4. The highest BCUT2D eigenvalue weighted by Crippen LogP contribution is 2.34. The second-order valence-electron chi connectivity index (χ2n) is 4.47. The molecular weight excluding hydrogens is 389 g/mol. The van der Waals surface area contributed by atoms with Crippen LogP contribution in [0.15, 0.2) is 15.4 Å². The van der Waals surface area contributed by atoms with Crippen LogP contribution in [0, 0.1) is 5.82 Å². The Kier molecular flexibility index (Phi) is 5.59. The maximum Gasteiger partial charge on any atom is 0.244 e. The van der Waals surface area contributed by atoms with E-state index >= 15 is 0 Å². The summed E-state index contributed by atoms with van der Waals surface area (Å²) in [6, 6.07) is -0.139. The molecule has 1 aromatic carbocycles. The van der Waals surface area contributed by atoms with Crippen LogP contribution in [0.3, 0.4) is 0 Å². The number of anilines is 1. The SMILES string of the molecule is CC(NS(=O)(=O)c1cc(Cl)c(Br)c(N)c1F)C(=O)N(C)C. The molecule has 1 atom stereocenters. The molecule has 0 aliphatic heterocycles. The molecule has 0 aliphatic carbocycles. The van der Waals surface area contributed by atoms with E-state index in [1.54, 1.807) is 0 Å². The first-order valence-electron chi connectivity index (χ1n) is 5.65. The highest BCUT2D eigenvalue weighted by Gasteiger charge is 2.28. The number of amides is 1. The fraction of sp³-hybridized carbons (Fsp3) is 0.364. The fourth-order valence-corrected chi connectivity index (χ4v) is 3.41. The van der Waals surface area contributed by atoms with Crippen molar-refractivity contribution >= 4 is 49.1 Å². The second-order valence-corrected chi connectivity index (χ2v) is 7.36. The first kappa shape index (κ1) is 18.1. The lowest BCUT2D eigenvalue weighted by Crippen LogP contribution is -2.44. The molecule has 1 aromatic rings. The van der Waals surface area contributed by atoms with Crippen LogP contribution in [-0.2, 0) is 14.8 Å². The van der Waals surface area contributed by atoms with Gasteiger partial charge in [0, 0.05) is 14.1 Å². The van der Waals surface area contributed by atoms with Gasteiger partial charge in [0.05, 0.1) is 21.2 Å². The monoisotopic (exact) mass is 401 g/mol. The Hall–Kier alpha value is -0.900. The average molecular weight is 403 g/mol. The number of sulfonamides is 1. The molecule has 0 spiro atoms. The summed E-state index contributed by atoms with van der Waals surface area (Å²) >= 11 is 8.74. The molecule has 0 aromatic heterocycles. The molecular formula is C11H14BrClFN3O3S. The molecule has 0 aliphatic rings. The maximum absolute atomic E-state index is 14.0. The minimum absolute atomic E-state index is 0.0548. The summed E-state index contributed by atoms with van der Waals surface area (Å²) in [6.07, 6.45) is 0. The number of carbonyl (C=O) groups is 1. The molecule has 0 saturated heterocycles. The van der Waals surface area contributed by atoms with Crippen molar-refractivity contribution in [1.82, 2.24) is 9.62 Å². The third-order valence-electron chi connectivity index (χ3n) is 2.59. The standard InChI is InChI=1S/C11H14BrClFN3O3S/c1-5(11(18)17(2)3)16-21(19,20)7-4-6(13)8(12)10(15)9(7)14/h4-5,16H,15H2,1-3H3. The Morgan fingerprint density at radius 1 is 1.52 bits per heavy atom. The molecule has 1 amide bonds. The van der Waals surface area contributed by atoms with Gasteiger partial charge in [-0.05, 0) is 28.9 Å². The Morgan fingerprint density at radius 2 is 2.05 bits per heavy atom. The van der Waals surface area contributed by atoms with Crippen LogP contribution in [0.4, 0.5) is 10.1 Å². The van der Waals surface area contributed by atoms with E-state index in [1.807, 2.05) is 0 Å². The number of rotatable bonds is 4. The van der Waals surface area contributed by atoms with E-state index in [0.29, 0.717) is 0 Å². The van der Waals surface area contributed by atoms with Crippen LogP contribution in [0.25, 0.3) is 0 Å². The molecule has 21 heavy (non-hydrogen) atoms. The average Bonchev–Trinajstić information content (AvgIpc) is 2.38. The van der Waals surface area contributed by atoms with Crippen LogP contribution in [0.2, 0.25) is 5.02 Å². The number of nitrogens with two attached hydrogens (primary N) is 1. The normalized spacial score (nSPS) is 13.0. The third-order valence-corrected chi connectivity index (χ3v) is 5.51. The quantitative estimate of drug-likeness (QED) is 0.591. The molecule has 3 N–H and O–H groups in total. The number of halogens is 3. The molecule has 1 unspecified atom stereocenters. The lowest BCUT2D eigenvalue weighted by Gasteiger charge is -2.18. The number of carbonyl (C=O) groups excluding carboxylic acids is 1. The molecule has 0 bridgehead atoms. The predicted molar refractivity (Wildman–Crippen MR) is 82.0 cm³/mol. The smallest absolute Gasteiger partial charge is 0.244 e. The van der Waals surface area contributed by atoms with Gasteiger partial charge in [-0.25, -0.2) is 12.8 Å². The van der Waals surface area contributed by atoms with Gasteiger partial charge in [0.15, 0.2) is 5.82 Å². The molecule has 10 heteroatoms. The zero-order chi connectivity index (χ0) is 16.5. The van der Waals surface area contributed by atoms with Gasteiger partial charge in [-0.15, -0.1) is 0 Å². The first-order valence-corrected chi connectivity index (χ1v) is 8.31. The second kappa shape index (κ2) is 6.47. The molecule has 0 radical (unpaired) electrons. The van der Waals surface area contributed by atoms with Crippen LogP contribution in [-0.4, -0.2) is 39.4 Å². The Balaban J connectivity index is 3.24. The minimum atomic E-state index is -4.29. The zero-order valence-electron chi connectivity index (χ0n) is 11.4. The molecule has 0 heterocycles. The number of nitrogens with one attached hydrogen (secondary N) is 1. The molecule has 0 fully saturated rings. The van der Waals surface area contributed by atoms with E-state index < -0.39 is 38.4 Å². The highest BCUT2D eigenvalue weighted by molar-refractivity contribution is 9.10. The van der Waals surface area contributed by atoms with E-state index in [1.165, 1.54) is 25.9 Å². The van der Waals surface area contributed by atoms with Crippen molar-refractivity contribution in [3.63, 3.8) is 0 Å². The fourth-order valence-electron chi connectivity index (χ4n) is 1.53. The molecule has 1 rings (SSSR count). The van der Waals surface area contributed by atoms with Gasteiger partial charge >= 0.3 is 0 Å². The topological polar surface area (TPSA) is 92.5 Å². The maximum atomic E-state index is 14.0.